The molecule has 0 aromatic carbocycles. The van der Waals surface area contributed by atoms with Crippen LogP contribution in [0.15, 0.2) is 0 Å². The van der Waals surface area contributed by atoms with Crippen LogP contribution in [-0.2, 0) is 14.0 Å². The van der Waals surface area contributed by atoms with Crippen LogP contribution < -0.4 is 0 Å². The maximum Gasteiger partial charge on any atom is 0.305 e. The summed E-state index contributed by atoms with van der Waals surface area (Å²) < 4.78 is 6.30. The standard InChI is InChI=1S/C28H56O4Si/c1-7-8-9-10-11-12-13-14-15-16-17-18-19-20-21-25(29)22-23-26(24-27(30)31)32-33(5,6)28(2,3)4/h26H,7-24H2,1-6H3,(H,30,31)/t26-/m0/s1. The van der Waals surface area contributed by atoms with Gasteiger partial charge in [-0.3, -0.25) is 9.59 Å². The van der Waals surface area contributed by atoms with Crippen molar-refractivity contribution >= 4 is 20.1 Å². The summed E-state index contributed by atoms with van der Waals surface area (Å²) in [6.07, 6.45) is 19.6. The molecule has 0 aromatic rings. The van der Waals surface area contributed by atoms with Crippen LogP contribution in [-0.4, -0.2) is 31.3 Å². The fraction of sp³-hybridized carbons (Fsp3) is 0.929. The second kappa shape index (κ2) is 18.6. The number of Topliss-reactive ketones (excluding diaryl/α,β-unsaturated/α-hetero) is 1. The highest BCUT2D eigenvalue weighted by atomic mass is 28.4. The molecule has 0 fully saturated rings. The van der Waals surface area contributed by atoms with Crippen LogP contribution in [0.4, 0.5) is 0 Å². The monoisotopic (exact) mass is 484 g/mol. The zero-order chi connectivity index (χ0) is 25.2. The third-order valence-corrected chi connectivity index (χ3v) is 11.8. The lowest BCUT2D eigenvalue weighted by Gasteiger charge is -2.39. The third-order valence-electron chi connectivity index (χ3n) is 7.22. The van der Waals surface area contributed by atoms with Crippen LogP contribution >= 0.6 is 0 Å². The van der Waals surface area contributed by atoms with Crippen molar-refractivity contribution in [2.24, 2.45) is 0 Å². The first kappa shape index (κ1) is 32.3. The zero-order valence-corrected chi connectivity index (χ0v) is 24.0. The molecule has 5 heteroatoms. The lowest BCUT2D eigenvalue weighted by atomic mass is 10.0. The summed E-state index contributed by atoms with van der Waals surface area (Å²) in [4.78, 5) is 23.6. The van der Waals surface area contributed by atoms with E-state index in [-0.39, 0.29) is 23.3 Å². The van der Waals surface area contributed by atoms with E-state index in [1.54, 1.807) is 0 Å². The summed E-state index contributed by atoms with van der Waals surface area (Å²) in [6.45, 7) is 13.0. The van der Waals surface area contributed by atoms with Crippen molar-refractivity contribution in [2.75, 3.05) is 0 Å². The summed E-state index contributed by atoms with van der Waals surface area (Å²) >= 11 is 0. The third kappa shape index (κ3) is 18.3. The minimum atomic E-state index is -2.04. The number of carbonyl (C=O) groups is 2. The molecular weight excluding hydrogens is 428 g/mol. The first-order chi connectivity index (χ1) is 15.5. The van der Waals surface area contributed by atoms with E-state index in [2.05, 4.69) is 40.8 Å². The van der Waals surface area contributed by atoms with Gasteiger partial charge in [-0.25, -0.2) is 0 Å². The maximum absolute atomic E-state index is 12.3. The number of ketones is 1. The van der Waals surface area contributed by atoms with Crippen molar-refractivity contribution < 1.29 is 19.1 Å². The molecule has 4 nitrogen and oxygen atoms in total. The van der Waals surface area contributed by atoms with Crippen molar-refractivity contribution in [2.45, 2.75) is 168 Å². The lowest BCUT2D eigenvalue weighted by Crippen LogP contribution is -2.44. The molecule has 0 aromatic heterocycles. The largest absolute Gasteiger partial charge is 0.481 e. The number of aliphatic carboxylic acids is 1. The quantitative estimate of drug-likeness (QED) is 0.123. The van der Waals surface area contributed by atoms with Crippen molar-refractivity contribution in [3.63, 3.8) is 0 Å². The van der Waals surface area contributed by atoms with E-state index in [1.807, 2.05) is 0 Å². The predicted octanol–water partition coefficient (Wildman–Crippen LogP) is 9.07. The van der Waals surface area contributed by atoms with Gasteiger partial charge in [0.1, 0.15) is 5.78 Å². The zero-order valence-electron chi connectivity index (χ0n) is 23.0. The molecule has 33 heavy (non-hydrogen) atoms. The number of hydrogen-bond acceptors (Lipinski definition) is 3. The molecule has 196 valence electrons. The van der Waals surface area contributed by atoms with Gasteiger partial charge >= 0.3 is 5.97 Å². The minimum absolute atomic E-state index is 0.0152. The van der Waals surface area contributed by atoms with Crippen LogP contribution in [0.3, 0.4) is 0 Å². The molecule has 0 unspecified atom stereocenters. The molecule has 0 saturated heterocycles. The van der Waals surface area contributed by atoms with Crippen molar-refractivity contribution in [1.82, 2.24) is 0 Å². The molecule has 0 aliphatic heterocycles. The van der Waals surface area contributed by atoms with Gasteiger partial charge < -0.3 is 9.53 Å². The average Bonchev–Trinajstić information content (AvgIpc) is 2.70. The van der Waals surface area contributed by atoms with Crippen LogP contribution in [0.2, 0.25) is 18.1 Å². The smallest absolute Gasteiger partial charge is 0.305 e. The number of rotatable bonds is 22. The van der Waals surface area contributed by atoms with E-state index in [0.717, 1.165) is 12.8 Å². The van der Waals surface area contributed by atoms with Gasteiger partial charge in [-0.1, -0.05) is 111 Å². The van der Waals surface area contributed by atoms with Gasteiger partial charge in [-0.2, -0.15) is 0 Å². The Morgan fingerprint density at radius 1 is 0.758 bits per heavy atom. The normalized spacial score (nSPS) is 13.3. The Hall–Kier alpha value is -0.683. The van der Waals surface area contributed by atoms with Gasteiger partial charge in [0, 0.05) is 12.8 Å². The predicted molar refractivity (Wildman–Crippen MR) is 143 cm³/mol. The highest BCUT2D eigenvalue weighted by Crippen LogP contribution is 2.38. The Kier molecular flexibility index (Phi) is 18.2. The summed E-state index contributed by atoms with van der Waals surface area (Å²) in [6, 6.07) is 0. The fourth-order valence-electron chi connectivity index (χ4n) is 3.95. The summed E-state index contributed by atoms with van der Waals surface area (Å²) in [5, 5.41) is 9.27. The first-order valence-electron chi connectivity index (χ1n) is 13.9. The molecule has 1 atom stereocenters. The fourth-order valence-corrected chi connectivity index (χ4v) is 5.34. The Balaban J connectivity index is 3.83. The van der Waals surface area contributed by atoms with Crippen molar-refractivity contribution in [3.05, 3.63) is 0 Å². The second-order valence-electron chi connectivity index (χ2n) is 11.5. The average molecular weight is 485 g/mol. The number of hydrogen-bond donors (Lipinski definition) is 1. The van der Waals surface area contributed by atoms with Crippen LogP contribution in [0.1, 0.15) is 143 Å². The van der Waals surface area contributed by atoms with Gasteiger partial charge in [0.2, 0.25) is 0 Å². The highest BCUT2D eigenvalue weighted by molar-refractivity contribution is 6.74. The van der Waals surface area contributed by atoms with Crippen molar-refractivity contribution in [3.8, 4) is 0 Å². The highest BCUT2D eigenvalue weighted by Gasteiger charge is 2.39. The Bertz CT molecular complexity index is 511. The molecular formula is C28H56O4Si. The molecule has 1 N–H and O–H groups in total. The first-order valence-corrected chi connectivity index (χ1v) is 16.8. The summed E-state index contributed by atoms with van der Waals surface area (Å²) in [5.74, 6) is -0.596. The minimum Gasteiger partial charge on any atom is -0.481 e. The molecule has 0 saturated carbocycles. The van der Waals surface area contributed by atoms with Gasteiger partial charge in [0.15, 0.2) is 8.32 Å². The Labute approximate surface area is 206 Å². The SMILES string of the molecule is CCCCCCCCCCCCCCCCC(=O)CC[C@@H](CC(=O)O)O[Si](C)(C)C(C)(C)C. The van der Waals surface area contributed by atoms with Gasteiger partial charge in [0.05, 0.1) is 12.5 Å². The number of carboxylic acids is 1. The number of unbranched alkanes of at least 4 members (excludes halogenated alkanes) is 13. The van der Waals surface area contributed by atoms with E-state index in [1.165, 1.54) is 77.0 Å². The molecule has 0 spiro atoms. The summed E-state index contributed by atoms with van der Waals surface area (Å²) in [5.41, 5.74) is 0. The van der Waals surface area contributed by atoms with E-state index < -0.39 is 14.3 Å². The number of carbonyl (C=O) groups excluding carboxylic acids is 1. The molecule has 0 bridgehead atoms. The van der Waals surface area contributed by atoms with E-state index in [9.17, 15) is 14.7 Å². The molecule has 0 heterocycles. The van der Waals surface area contributed by atoms with Gasteiger partial charge in [-0.15, -0.1) is 0 Å². The van der Waals surface area contributed by atoms with Crippen molar-refractivity contribution in [1.29, 1.82) is 0 Å². The van der Waals surface area contributed by atoms with Gasteiger partial charge in [0.25, 0.3) is 0 Å². The second-order valence-corrected chi connectivity index (χ2v) is 16.3. The lowest BCUT2D eigenvalue weighted by molar-refractivity contribution is -0.139. The summed E-state index contributed by atoms with van der Waals surface area (Å²) in [7, 11) is -2.04. The Morgan fingerprint density at radius 3 is 1.58 bits per heavy atom. The topological polar surface area (TPSA) is 63.6 Å². The van der Waals surface area contributed by atoms with E-state index in [0.29, 0.717) is 19.3 Å². The molecule has 0 aliphatic rings. The molecule has 0 aliphatic carbocycles. The molecule has 0 amide bonds. The van der Waals surface area contributed by atoms with Crippen LogP contribution in [0.5, 0.6) is 0 Å². The van der Waals surface area contributed by atoms with Crippen LogP contribution in [0.25, 0.3) is 0 Å². The molecule has 0 rings (SSSR count). The number of carboxylic acid groups (broad SMARTS) is 1. The maximum atomic E-state index is 12.3. The van der Waals surface area contributed by atoms with E-state index in [4.69, 9.17) is 4.43 Å². The van der Waals surface area contributed by atoms with E-state index >= 15 is 0 Å². The Morgan fingerprint density at radius 2 is 1.18 bits per heavy atom. The molecule has 0 radical (unpaired) electrons. The van der Waals surface area contributed by atoms with Crippen LogP contribution in [0, 0.1) is 0 Å². The van der Waals surface area contributed by atoms with Gasteiger partial charge in [-0.05, 0) is 31.0 Å².